The van der Waals surface area contributed by atoms with Gasteiger partial charge in [0.2, 0.25) is 0 Å². The largest absolute Gasteiger partial charge is 0.491 e. The highest BCUT2D eigenvalue weighted by molar-refractivity contribution is 5.73. The number of rotatable bonds is 6. The number of benzene rings is 2. The molecule has 0 heterocycles. The average molecular weight is 275 g/mol. The first-order valence-electron chi connectivity index (χ1n) is 6.46. The third-order valence-electron chi connectivity index (χ3n) is 3.01. The molecule has 0 spiro atoms. The summed E-state index contributed by atoms with van der Waals surface area (Å²) in [4.78, 5) is 0. The summed E-state index contributed by atoms with van der Waals surface area (Å²) in [5.41, 5.74) is 8.26. The lowest BCUT2D eigenvalue weighted by atomic mass is 9.98. The summed E-state index contributed by atoms with van der Waals surface area (Å²) >= 11 is 0. The number of hydrogen-bond donors (Lipinski definition) is 1. The molecule has 2 aromatic rings. The molecule has 0 fully saturated rings. The summed E-state index contributed by atoms with van der Waals surface area (Å²) in [6.45, 7) is 1.26. The minimum atomic E-state index is -0.285. The van der Waals surface area contributed by atoms with Crippen LogP contribution < -0.4 is 10.5 Å². The van der Waals surface area contributed by atoms with Crippen molar-refractivity contribution >= 4 is 0 Å². The van der Waals surface area contributed by atoms with E-state index >= 15 is 0 Å². The van der Waals surface area contributed by atoms with Gasteiger partial charge in [0.05, 0.1) is 6.61 Å². The maximum atomic E-state index is 13.3. The molecule has 2 rings (SSSR count). The zero-order chi connectivity index (χ0) is 14.4. The highest BCUT2D eigenvalue weighted by atomic mass is 19.1. The zero-order valence-electron chi connectivity index (χ0n) is 11.4. The van der Waals surface area contributed by atoms with Crippen molar-refractivity contribution < 1.29 is 13.9 Å². The van der Waals surface area contributed by atoms with Crippen LogP contribution in [0.1, 0.15) is 5.56 Å². The molecule has 2 N–H and O–H groups in total. The van der Waals surface area contributed by atoms with Crippen molar-refractivity contribution in [2.24, 2.45) is 5.73 Å². The Kier molecular flexibility index (Phi) is 5.09. The fourth-order valence-corrected chi connectivity index (χ4v) is 2.04. The first kappa shape index (κ1) is 14.5. The van der Waals surface area contributed by atoms with E-state index in [1.54, 1.807) is 13.2 Å². The van der Waals surface area contributed by atoms with Crippen LogP contribution in [0.4, 0.5) is 4.39 Å². The average Bonchev–Trinajstić information content (AvgIpc) is 2.48. The second-order valence-electron chi connectivity index (χ2n) is 4.34. The SMILES string of the molecule is COCCOc1ccccc1-c1ccc(F)cc1CN. The van der Waals surface area contributed by atoms with E-state index in [9.17, 15) is 4.39 Å². The van der Waals surface area contributed by atoms with E-state index in [4.69, 9.17) is 15.2 Å². The van der Waals surface area contributed by atoms with E-state index in [1.165, 1.54) is 12.1 Å². The van der Waals surface area contributed by atoms with Gasteiger partial charge >= 0.3 is 0 Å². The molecule has 106 valence electrons. The van der Waals surface area contributed by atoms with Crippen LogP contribution in [0.3, 0.4) is 0 Å². The van der Waals surface area contributed by atoms with Crippen LogP contribution in [0.2, 0.25) is 0 Å². The molecule has 0 saturated heterocycles. The van der Waals surface area contributed by atoms with E-state index in [-0.39, 0.29) is 12.4 Å². The third kappa shape index (κ3) is 3.35. The standard InChI is InChI=1S/C16H18FNO2/c1-19-8-9-20-16-5-3-2-4-15(16)14-7-6-13(17)10-12(14)11-18/h2-7,10H,8-9,11,18H2,1H3. The van der Waals surface area contributed by atoms with Crippen molar-refractivity contribution in [2.75, 3.05) is 20.3 Å². The molecule has 0 unspecified atom stereocenters. The summed E-state index contributed by atoms with van der Waals surface area (Å²) in [5.74, 6) is 0.456. The summed E-state index contributed by atoms with van der Waals surface area (Å²) in [7, 11) is 1.63. The van der Waals surface area contributed by atoms with E-state index in [2.05, 4.69) is 0 Å². The van der Waals surface area contributed by atoms with Crippen LogP contribution in [-0.2, 0) is 11.3 Å². The molecule has 0 aromatic heterocycles. The molecule has 3 nitrogen and oxygen atoms in total. The van der Waals surface area contributed by atoms with Crippen LogP contribution in [0.5, 0.6) is 5.75 Å². The fourth-order valence-electron chi connectivity index (χ4n) is 2.04. The third-order valence-corrected chi connectivity index (χ3v) is 3.01. The summed E-state index contributed by atoms with van der Waals surface area (Å²) < 4.78 is 24.0. The Morgan fingerprint density at radius 1 is 1.05 bits per heavy atom. The Hall–Kier alpha value is -1.91. The predicted octanol–water partition coefficient (Wildman–Crippen LogP) is 2.98. The molecule has 2 aromatic carbocycles. The molecule has 0 aliphatic carbocycles. The molecule has 0 saturated carbocycles. The van der Waals surface area contributed by atoms with Crippen molar-refractivity contribution in [3.63, 3.8) is 0 Å². The van der Waals surface area contributed by atoms with E-state index in [1.807, 2.05) is 24.3 Å². The molecule has 0 bridgehead atoms. The van der Waals surface area contributed by atoms with Gasteiger partial charge in [-0.1, -0.05) is 24.3 Å². The Balaban J connectivity index is 2.37. The van der Waals surface area contributed by atoms with Gasteiger partial charge in [-0.25, -0.2) is 4.39 Å². The fraction of sp³-hybridized carbons (Fsp3) is 0.250. The number of halogens is 1. The smallest absolute Gasteiger partial charge is 0.127 e. The van der Waals surface area contributed by atoms with Gasteiger partial charge in [0.15, 0.2) is 0 Å². The van der Waals surface area contributed by atoms with Gasteiger partial charge in [0.25, 0.3) is 0 Å². The van der Waals surface area contributed by atoms with Gasteiger partial charge in [-0.05, 0) is 29.3 Å². The van der Waals surface area contributed by atoms with Gasteiger partial charge < -0.3 is 15.2 Å². The van der Waals surface area contributed by atoms with Gasteiger partial charge in [-0.15, -0.1) is 0 Å². The Morgan fingerprint density at radius 3 is 2.60 bits per heavy atom. The molecular formula is C16H18FNO2. The number of methoxy groups -OCH3 is 1. The minimum Gasteiger partial charge on any atom is -0.491 e. The highest BCUT2D eigenvalue weighted by Crippen LogP contribution is 2.32. The maximum absolute atomic E-state index is 13.3. The Labute approximate surface area is 118 Å². The molecular weight excluding hydrogens is 257 g/mol. The number of para-hydroxylation sites is 1. The van der Waals surface area contributed by atoms with Crippen LogP contribution >= 0.6 is 0 Å². The number of ether oxygens (including phenoxy) is 2. The van der Waals surface area contributed by atoms with Crippen LogP contribution in [0.25, 0.3) is 11.1 Å². The van der Waals surface area contributed by atoms with Crippen molar-refractivity contribution in [3.05, 3.63) is 53.8 Å². The van der Waals surface area contributed by atoms with Crippen LogP contribution in [0, 0.1) is 5.82 Å². The van der Waals surface area contributed by atoms with E-state index < -0.39 is 0 Å². The lowest BCUT2D eigenvalue weighted by molar-refractivity contribution is 0.146. The molecule has 0 radical (unpaired) electrons. The molecule has 0 aliphatic rings. The van der Waals surface area contributed by atoms with Gasteiger partial charge in [-0.2, -0.15) is 0 Å². The molecule has 4 heteroatoms. The topological polar surface area (TPSA) is 44.5 Å². The predicted molar refractivity (Wildman–Crippen MR) is 77.1 cm³/mol. The number of nitrogens with two attached hydrogens (primary N) is 1. The molecule has 0 aliphatic heterocycles. The van der Waals surface area contributed by atoms with Crippen molar-refractivity contribution in [1.29, 1.82) is 0 Å². The maximum Gasteiger partial charge on any atom is 0.127 e. The minimum absolute atomic E-state index is 0.277. The second-order valence-corrected chi connectivity index (χ2v) is 4.34. The Morgan fingerprint density at radius 2 is 1.85 bits per heavy atom. The highest BCUT2D eigenvalue weighted by Gasteiger charge is 2.10. The van der Waals surface area contributed by atoms with Gasteiger partial charge in [0, 0.05) is 19.2 Å². The monoisotopic (exact) mass is 275 g/mol. The molecule has 0 amide bonds. The Bertz CT molecular complexity index is 572. The molecule has 20 heavy (non-hydrogen) atoms. The first-order valence-corrected chi connectivity index (χ1v) is 6.46. The normalized spacial score (nSPS) is 10.6. The van der Waals surface area contributed by atoms with Gasteiger partial charge in [0.1, 0.15) is 18.2 Å². The zero-order valence-corrected chi connectivity index (χ0v) is 11.4. The molecule has 0 atom stereocenters. The van der Waals surface area contributed by atoms with E-state index in [0.29, 0.717) is 13.2 Å². The number of hydrogen-bond acceptors (Lipinski definition) is 3. The van der Waals surface area contributed by atoms with Gasteiger partial charge in [-0.3, -0.25) is 0 Å². The lowest BCUT2D eigenvalue weighted by Crippen LogP contribution is -2.06. The lowest BCUT2D eigenvalue weighted by Gasteiger charge is -2.14. The van der Waals surface area contributed by atoms with Crippen molar-refractivity contribution in [2.45, 2.75) is 6.54 Å². The van der Waals surface area contributed by atoms with Crippen molar-refractivity contribution in [3.8, 4) is 16.9 Å². The first-order chi connectivity index (χ1) is 9.76. The summed E-state index contributed by atoms with van der Waals surface area (Å²) in [6, 6.07) is 12.3. The van der Waals surface area contributed by atoms with E-state index in [0.717, 1.165) is 22.4 Å². The summed E-state index contributed by atoms with van der Waals surface area (Å²) in [6.07, 6.45) is 0. The van der Waals surface area contributed by atoms with Crippen molar-refractivity contribution in [1.82, 2.24) is 0 Å². The second kappa shape index (κ2) is 7.03. The van der Waals surface area contributed by atoms with Crippen LogP contribution in [-0.4, -0.2) is 20.3 Å². The van der Waals surface area contributed by atoms with Crippen LogP contribution in [0.15, 0.2) is 42.5 Å². The quantitative estimate of drug-likeness (QED) is 0.824. The summed E-state index contributed by atoms with van der Waals surface area (Å²) in [5, 5.41) is 0.